The lowest BCUT2D eigenvalue weighted by atomic mass is 9.88. The first-order valence-electron chi connectivity index (χ1n) is 8.49. The summed E-state index contributed by atoms with van der Waals surface area (Å²) in [6, 6.07) is 13.5. The number of hydrogen-bond acceptors (Lipinski definition) is 2. The molecule has 0 aromatic heterocycles. The van der Waals surface area contributed by atoms with Crippen LogP contribution in [0.25, 0.3) is 0 Å². The van der Waals surface area contributed by atoms with Crippen molar-refractivity contribution in [2.24, 2.45) is 0 Å². The van der Waals surface area contributed by atoms with Gasteiger partial charge in [0.2, 0.25) is 0 Å². The Hall–Kier alpha value is -2.33. The second kappa shape index (κ2) is 7.05. The lowest BCUT2D eigenvalue weighted by Crippen LogP contribution is -2.24. The highest BCUT2D eigenvalue weighted by atomic mass is 16.3. The van der Waals surface area contributed by atoms with Crippen LogP contribution in [0.15, 0.2) is 42.5 Å². The van der Waals surface area contributed by atoms with Crippen LogP contribution >= 0.6 is 0 Å². The minimum absolute atomic E-state index is 0.260. The third kappa shape index (κ3) is 3.77. The zero-order chi connectivity index (χ0) is 17.1. The predicted molar refractivity (Wildman–Crippen MR) is 97.6 cm³/mol. The van der Waals surface area contributed by atoms with Crippen molar-refractivity contribution in [3.63, 3.8) is 0 Å². The van der Waals surface area contributed by atoms with Crippen LogP contribution in [0, 0.1) is 0 Å². The molecular formula is C20H24N2O2. The molecule has 2 amide bonds. The number of benzene rings is 2. The maximum Gasteiger partial charge on any atom is 0.323 e. The Morgan fingerprint density at radius 3 is 2.75 bits per heavy atom. The molecule has 0 spiro atoms. The van der Waals surface area contributed by atoms with Crippen molar-refractivity contribution in [1.82, 2.24) is 0 Å². The molecule has 0 aliphatic heterocycles. The van der Waals surface area contributed by atoms with Gasteiger partial charge in [-0.2, -0.15) is 0 Å². The number of aryl methyl sites for hydroxylation is 1. The van der Waals surface area contributed by atoms with Crippen molar-refractivity contribution >= 4 is 17.4 Å². The van der Waals surface area contributed by atoms with E-state index in [1.165, 1.54) is 11.1 Å². The van der Waals surface area contributed by atoms with Gasteiger partial charge < -0.3 is 15.7 Å². The third-order valence-electron chi connectivity index (χ3n) is 4.52. The molecule has 1 aliphatic rings. The lowest BCUT2D eigenvalue weighted by Gasteiger charge is -2.23. The number of carbonyl (C=O) groups is 1. The van der Waals surface area contributed by atoms with Gasteiger partial charge in [0.1, 0.15) is 0 Å². The highest BCUT2D eigenvalue weighted by molar-refractivity contribution is 6.00. The predicted octanol–water partition coefficient (Wildman–Crippen LogP) is 4.30. The van der Waals surface area contributed by atoms with Crippen LogP contribution in [0.4, 0.5) is 16.2 Å². The van der Waals surface area contributed by atoms with Crippen LogP contribution in [0.3, 0.4) is 0 Å². The Morgan fingerprint density at radius 2 is 1.96 bits per heavy atom. The molecule has 0 saturated carbocycles. The first kappa shape index (κ1) is 16.5. The van der Waals surface area contributed by atoms with Crippen molar-refractivity contribution in [3.8, 4) is 0 Å². The molecule has 2 aromatic carbocycles. The number of rotatable bonds is 3. The minimum atomic E-state index is -0.328. The summed E-state index contributed by atoms with van der Waals surface area (Å²) in [7, 11) is 0. The fourth-order valence-electron chi connectivity index (χ4n) is 3.15. The van der Waals surface area contributed by atoms with Crippen LogP contribution in [0.2, 0.25) is 0 Å². The maximum absolute atomic E-state index is 12.3. The minimum Gasteiger partial charge on any atom is -0.393 e. The van der Waals surface area contributed by atoms with E-state index in [0.29, 0.717) is 12.3 Å². The molecule has 0 bridgehead atoms. The summed E-state index contributed by atoms with van der Waals surface area (Å²) >= 11 is 0. The summed E-state index contributed by atoms with van der Waals surface area (Å²) in [5, 5.41) is 15.7. The first-order chi connectivity index (χ1) is 11.5. The SMILES string of the molecule is CC(C)c1cccc(NC(=O)Nc2cccc3c2CC(O)CC3)c1. The summed E-state index contributed by atoms with van der Waals surface area (Å²) < 4.78 is 0. The zero-order valence-electron chi connectivity index (χ0n) is 14.2. The maximum atomic E-state index is 12.3. The second-order valence-corrected chi connectivity index (χ2v) is 6.70. The average Bonchev–Trinajstić information content (AvgIpc) is 2.55. The molecule has 1 atom stereocenters. The van der Waals surface area contributed by atoms with Crippen LogP contribution in [-0.2, 0) is 12.8 Å². The van der Waals surface area contributed by atoms with Gasteiger partial charge in [-0.25, -0.2) is 4.79 Å². The summed E-state index contributed by atoms with van der Waals surface area (Å²) in [6.07, 6.45) is 1.90. The zero-order valence-corrected chi connectivity index (χ0v) is 14.2. The van der Waals surface area contributed by atoms with Crippen LogP contribution in [0.5, 0.6) is 0 Å². The summed E-state index contributed by atoms with van der Waals surface area (Å²) in [4.78, 5) is 12.3. The van der Waals surface area contributed by atoms with Crippen molar-refractivity contribution in [2.45, 2.75) is 45.1 Å². The molecule has 0 radical (unpaired) electrons. The standard InChI is InChI=1S/C20H24N2O2/c1-13(2)15-6-3-7-16(11-15)21-20(24)22-19-8-4-5-14-9-10-17(23)12-18(14)19/h3-8,11,13,17,23H,9-10,12H2,1-2H3,(H2,21,22,24). The normalized spacial score (nSPS) is 16.6. The summed E-state index contributed by atoms with van der Waals surface area (Å²) in [5.74, 6) is 0.414. The first-order valence-corrected chi connectivity index (χ1v) is 8.49. The molecule has 4 heteroatoms. The number of anilines is 2. The molecule has 3 rings (SSSR count). The molecule has 0 fully saturated rings. The van der Waals surface area contributed by atoms with E-state index in [1.54, 1.807) is 0 Å². The van der Waals surface area contributed by atoms with E-state index in [4.69, 9.17) is 0 Å². The van der Waals surface area contributed by atoms with E-state index in [9.17, 15) is 9.90 Å². The van der Waals surface area contributed by atoms with Gasteiger partial charge >= 0.3 is 6.03 Å². The number of aliphatic hydroxyl groups excluding tert-OH is 1. The fraction of sp³-hybridized carbons (Fsp3) is 0.350. The Morgan fingerprint density at radius 1 is 1.17 bits per heavy atom. The molecule has 0 heterocycles. The van der Waals surface area contributed by atoms with E-state index in [0.717, 1.165) is 29.8 Å². The highest BCUT2D eigenvalue weighted by Crippen LogP contribution is 2.28. The van der Waals surface area contributed by atoms with Crippen molar-refractivity contribution in [3.05, 3.63) is 59.2 Å². The molecule has 4 nitrogen and oxygen atoms in total. The number of nitrogens with one attached hydrogen (secondary N) is 2. The van der Waals surface area contributed by atoms with Gasteiger partial charge in [-0.1, -0.05) is 38.1 Å². The molecular weight excluding hydrogens is 300 g/mol. The topological polar surface area (TPSA) is 61.4 Å². The van der Waals surface area contributed by atoms with Gasteiger partial charge in [-0.15, -0.1) is 0 Å². The number of carbonyl (C=O) groups excluding carboxylic acids is 1. The van der Waals surface area contributed by atoms with Crippen LogP contribution in [-0.4, -0.2) is 17.2 Å². The Balaban J connectivity index is 1.73. The second-order valence-electron chi connectivity index (χ2n) is 6.70. The van der Waals surface area contributed by atoms with Gasteiger partial charge in [-0.3, -0.25) is 0 Å². The highest BCUT2D eigenvalue weighted by Gasteiger charge is 2.19. The van der Waals surface area contributed by atoms with Crippen molar-refractivity contribution in [2.75, 3.05) is 10.6 Å². The van der Waals surface area contributed by atoms with Gasteiger partial charge in [0.15, 0.2) is 0 Å². The molecule has 2 aromatic rings. The average molecular weight is 324 g/mol. The Kier molecular flexibility index (Phi) is 4.86. The monoisotopic (exact) mass is 324 g/mol. The van der Waals surface area contributed by atoms with Gasteiger partial charge in [-0.05, 0) is 53.6 Å². The van der Waals surface area contributed by atoms with E-state index in [1.807, 2.05) is 30.3 Å². The molecule has 3 N–H and O–H groups in total. The van der Waals surface area contributed by atoms with Crippen molar-refractivity contribution in [1.29, 1.82) is 0 Å². The van der Waals surface area contributed by atoms with E-state index in [2.05, 4.69) is 36.6 Å². The lowest BCUT2D eigenvalue weighted by molar-refractivity contribution is 0.159. The quantitative estimate of drug-likeness (QED) is 0.788. The van der Waals surface area contributed by atoms with E-state index < -0.39 is 0 Å². The van der Waals surface area contributed by atoms with E-state index in [-0.39, 0.29) is 12.1 Å². The van der Waals surface area contributed by atoms with E-state index >= 15 is 0 Å². The Labute approximate surface area is 142 Å². The smallest absolute Gasteiger partial charge is 0.323 e. The molecule has 1 aliphatic carbocycles. The fourth-order valence-corrected chi connectivity index (χ4v) is 3.15. The molecule has 1 unspecified atom stereocenters. The number of hydrogen-bond donors (Lipinski definition) is 3. The van der Waals surface area contributed by atoms with Gasteiger partial charge in [0, 0.05) is 17.8 Å². The third-order valence-corrected chi connectivity index (χ3v) is 4.52. The van der Waals surface area contributed by atoms with Gasteiger partial charge in [0.05, 0.1) is 6.10 Å². The Bertz CT molecular complexity index is 740. The molecule has 0 saturated heterocycles. The number of fused-ring (bicyclic) bond motifs is 1. The molecule has 24 heavy (non-hydrogen) atoms. The number of aliphatic hydroxyl groups is 1. The van der Waals surface area contributed by atoms with Gasteiger partial charge in [0.25, 0.3) is 0 Å². The van der Waals surface area contributed by atoms with Crippen LogP contribution < -0.4 is 10.6 Å². The number of amides is 2. The largest absolute Gasteiger partial charge is 0.393 e. The molecule has 126 valence electrons. The number of urea groups is 1. The summed E-state index contributed by atoms with van der Waals surface area (Å²) in [6.45, 7) is 4.25. The van der Waals surface area contributed by atoms with Crippen molar-refractivity contribution < 1.29 is 9.90 Å². The van der Waals surface area contributed by atoms with Crippen LogP contribution in [0.1, 0.15) is 42.9 Å². The summed E-state index contributed by atoms with van der Waals surface area (Å²) in [5.41, 5.74) is 5.00.